The molecule has 0 N–H and O–H groups in total. The van der Waals surface area contributed by atoms with E-state index in [9.17, 15) is 22.8 Å². The number of pyridine rings is 5. The molecule has 9 rings (SSSR count). The van der Waals surface area contributed by atoms with E-state index < -0.39 is 0 Å². The van der Waals surface area contributed by atoms with Gasteiger partial charge in [0.05, 0.1) is 24.5 Å². The lowest BCUT2D eigenvalue weighted by atomic mass is 10.0. The molecule has 0 aliphatic rings. The first-order chi connectivity index (χ1) is 32.7. The SMILES string of the molecule is C.C.C.C.CO/C=C/c1c(-c2cccc(F)c2)ccnc1Cl.Clc1cc(I)ccn1.Fc1ccc2ccc3c(Cl)nccc3c2c1.O=Cc1c(-c2cccc(F)c2)ccnc1Cl.O=Cc1c(I)ccnc1Cl. The van der Waals surface area contributed by atoms with Crippen molar-refractivity contribution >= 4 is 143 Å². The molecule has 376 valence electrons. The molecule has 8 nitrogen and oxygen atoms in total. The van der Waals surface area contributed by atoms with Crippen LogP contribution >= 0.6 is 103 Å². The number of ether oxygens (including phenoxy) is 1. The van der Waals surface area contributed by atoms with Crippen LogP contribution < -0.4 is 0 Å². The van der Waals surface area contributed by atoms with Gasteiger partial charge in [-0.2, -0.15) is 0 Å². The summed E-state index contributed by atoms with van der Waals surface area (Å²) in [4.78, 5) is 40.6. The Morgan fingerprint density at radius 2 is 0.972 bits per heavy atom. The van der Waals surface area contributed by atoms with E-state index >= 15 is 0 Å². The Labute approximate surface area is 470 Å². The first-order valence-electron chi connectivity index (χ1n) is 19.3. The Morgan fingerprint density at radius 1 is 0.486 bits per heavy atom. The third-order valence-corrected chi connectivity index (χ3v) is 12.0. The Balaban J connectivity index is 0.000000455. The number of rotatable bonds is 6. The van der Waals surface area contributed by atoms with Gasteiger partial charge >= 0.3 is 0 Å². The normalized spacial score (nSPS) is 9.76. The quantitative estimate of drug-likeness (QED) is 0.0533. The van der Waals surface area contributed by atoms with Gasteiger partial charge < -0.3 is 4.74 Å². The zero-order valence-electron chi connectivity index (χ0n) is 34.9. The number of fused-ring (bicyclic) bond motifs is 3. The van der Waals surface area contributed by atoms with E-state index in [2.05, 4.69) is 47.5 Å². The molecule has 0 aliphatic carbocycles. The summed E-state index contributed by atoms with van der Waals surface area (Å²) in [6.07, 6.45) is 12.5. The zero-order valence-corrected chi connectivity index (χ0v) is 43.0. The van der Waals surface area contributed by atoms with E-state index in [1.807, 2.05) is 59.0 Å². The molecule has 0 atom stereocenters. The monoisotopic (exact) mass is 1300 g/mol. The largest absolute Gasteiger partial charge is 0.504 e. The molecular weight excluding hydrogens is 1250 g/mol. The molecule has 0 aliphatic heterocycles. The lowest BCUT2D eigenvalue weighted by Crippen LogP contribution is -1.91. The van der Waals surface area contributed by atoms with E-state index in [1.54, 1.807) is 80.4 Å². The van der Waals surface area contributed by atoms with E-state index in [1.165, 1.54) is 48.9 Å². The van der Waals surface area contributed by atoms with Gasteiger partial charge in [0.25, 0.3) is 0 Å². The summed E-state index contributed by atoms with van der Waals surface area (Å²) in [5, 5.41) is 5.38. The van der Waals surface area contributed by atoms with Crippen molar-refractivity contribution in [3.8, 4) is 22.3 Å². The van der Waals surface area contributed by atoms with Crippen molar-refractivity contribution < 1.29 is 27.5 Å². The number of aromatic nitrogens is 5. The lowest BCUT2D eigenvalue weighted by Gasteiger charge is -2.07. The molecule has 0 unspecified atom stereocenters. The summed E-state index contributed by atoms with van der Waals surface area (Å²) in [7, 11) is 1.54. The summed E-state index contributed by atoms with van der Waals surface area (Å²) in [5.74, 6) is -0.891. The predicted molar refractivity (Wildman–Crippen MR) is 311 cm³/mol. The topological polar surface area (TPSA) is 108 Å². The number of carbonyl (C=O) groups is 2. The van der Waals surface area contributed by atoms with Crippen molar-refractivity contribution in [2.24, 2.45) is 0 Å². The van der Waals surface area contributed by atoms with Crippen molar-refractivity contribution in [1.29, 1.82) is 0 Å². The van der Waals surface area contributed by atoms with Crippen LogP contribution in [0.2, 0.25) is 25.8 Å². The standard InChI is InChI=1S/C14H11ClFNO.C13H7ClFN.C12H7ClFNO.C6H3ClINO.C5H3ClIN.4CH4/c1-18-8-6-13-12(5-7-17-14(13)15)10-3-2-4-11(16)9-10;14-13-11-4-2-8-1-3-9(15)7-12(8)10(11)5-6-16-13;13-12-11(7-16)10(4-5-15-12)8-2-1-3-9(14)6-8;7-6-4(3-10)5(8)1-2-9-6;6-5-3-4(7)1-2-8-5;;;;/h2-9H,1H3;2*1-7H;1-3H;1-3H;4*1H4/b8-6+;;;;;;;;. The number of carbonyl (C=O) groups excluding carboxylic acids is 2. The minimum Gasteiger partial charge on any atom is -0.504 e. The van der Waals surface area contributed by atoms with Gasteiger partial charge in [0.1, 0.15) is 43.2 Å². The molecule has 72 heavy (non-hydrogen) atoms. The highest BCUT2D eigenvalue weighted by Crippen LogP contribution is 2.31. The van der Waals surface area contributed by atoms with Crippen LogP contribution in [0.25, 0.3) is 49.9 Å². The fourth-order valence-corrected chi connectivity index (χ4v) is 8.31. The van der Waals surface area contributed by atoms with Crippen molar-refractivity contribution in [2.45, 2.75) is 29.7 Å². The summed E-state index contributed by atoms with van der Waals surface area (Å²) in [6.45, 7) is 0. The number of methoxy groups -OCH3 is 1. The van der Waals surface area contributed by atoms with Crippen LogP contribution in [-0.2, 0) is 4.74 Å². The number of hydrogen-bond acceptors (Lipinski definition) is 8. The average molecular weight is 1300 g/mol. The molecule has 9 aromatic rings. The van der Waals surface area contributed by atoms with Crippen LogP contribution in [0.4, 0.5) is 13.2 Å². The minimum atomic E-state index is -0.359. The van der Waals surface area contributed by atoms with E-state index in [4.69, 9.17) is 62.7 Å². The lowest BCUT2D eigenvalue weighted by molar-refractivity contribution is 0.111. The highest BCUT2D eigenvalue weighted by molar-refractivity contribution is 14.1. The number of hydrogen-bond donors (Lipinski definition) is 0. The average Bonchev–Trinajstić information content (AvgIpc) is 3.32. The molecule has 18 heteroatoms. The van der Waals surface area contributed by atoms with Crippen LogP contribution in [0.1, 0.15) is 56.0 Å². The fourth-order valence-electron chi connectivity index (χ4n) is 5.95. The molecular formula is C54H47Cl5F3I2N5O3. The molecule has 0 spiro atoms. The molecule has 5 aromatic heterocycles. The molecule has 0 saturated heterocycles. The van der Waals surface area contributed by atoms with E-state index in [0.29, 0.717) is 50.3 Å². The maximum absolute atomic E-state index is 13.2. The number of aldehydes is 2. The first kappa shape index (κ1) is 64.7. The summed E-state index contributed by atoms with van der Waals surface area (Å²) < 4.78 is 46.3. The zero-order chi connectivity index (χ0) is 49.2. The van der Waals surface area contributed by atoms with Gasteiger partial charge in [-0.05, 0) is 162 Å². The fraction of sp³-hybridized carbons (Fsp3) is 0.0926. The van der Waals surface area contributed by atoms with Crippen molar-refractivity contribution in [3.63, 3.8) is 0 Å². The van der Waals surface area contributed by atoms with Crippen LogP contribution in [0, 0.1) is 24.6 Å². The minimum absolute atomic E-state index is 0. The molecule has 4 aromatic carbocycles. The number of benzene rings is 4. The van der Waals surface area contributed by atoms with Crippen molar-refractivity contribution in [2.75, 3.05) is 7.11 Å². The van der Waals surface area contributed by atoms with Gasteiger partial charge in [0, 0.05) is 49.1 Å². The number of nitrogens with zero attached hydrogens (tertiary/aromatic N) is 5. The van der Waals surface area contributed by atoms with Crippen molar-refractivity contribution in [3.05, 3.63) is 220 Å². The van der Waals surface area contributed by atoms with E-state index in [-0.39, 0.29) is 63.0 Å². The highest BCUT2D eigenvalue weighted by atomic mass is 127. The second kappa shape index (κ2) is 32.7. The molecule has 0 amide bonds. The third-order valence-electron chi connectivity index (χ3n) is 9.01. The van der Waals surface area contributed by atoms with Crippen LogP contribution in [-0.4, -0.2) is 44.6 Å². The molecule has 0 radical (unpaired) electrons. The predicted octanol–water partition coefficient (Wildman–Crippen LogP) is 18.7. The smallest absolute Gasteiger partial charge is 0.154 e. The van der Waals surface area contributed by atoms with Gasteiger partial charge in [-0.15, -0.1) is 0 Å². The maximum Gasteiger partial charge on any atom is 0.154 e. The first-order valence-corrected chi connectivity index (χ1v) is 23.4. The maximum atomic E-state index is 13.2. The summed E-state index contributed by atoms with van der Waals surface area (Å²) >= 11 is 33.1. The molecule has 0 saturated carbocycles. The van der Waals surface area contributed by atoms with Gasteiger partial charge in [-0.3, -0.25) is 9.59 Å². The highest BCUT2D eigenvalue weighted by Gasteiger charge is 2.11. The van der Waals surface area contributed by atoms with Gasteiger partial charge in [-0.25, -0.2) is 38.1 Å². The van der Waals surface area contributed by atoms with Gasteiger partial charge in [0.15, 0.2) is 12.6 Å². The molecule has 0 bridgehead atoms. The Bertz CT molecular complexity index is 3190. The summed E-state index contributed by atoms with van der Waals surface area (Å²) in [5.41, 5.74) is 4.17. The van der Waals surface area contributed by atoms with Crippen LogP contribution in [0.15, 0.2) is 153 Å². The van der Waals surface area contributed by atoms with Crippen molar-refractivity contribution in [1.82, 2.24) is 24.9 Å². The summed E-state index contributed by atoms with van der Waals surface area (Å²) in [6, 6.07) is 31.6. The number of halogens is 10. The molecule has 0 fully saturated rings. The molecule has 5 heterocycles. The van der Waals surface area contributed by atoms with Gasteiger partial charge in [-0.1, -0.05) is 130 Å². The van der Waals surface area contributed by atoms with E-state index in [0.717, 1.165) is 39.8 Å². The second-order valence-corrected chi connectivity index (χ2v) is 17.6. The van der Waals surface area contributed by atoms with Crippen LogP contribution in [0.3, 0.4) is 0 Å². The third kappa shape index (κ3) is 18.6. The Morgan fingerprint density at radius 3 is 1.47 bits per heavy atom. The van der Waals surface area contributed by atoms with Crippen LogP contribution in [0.5, 0.6) is 0 Å². The Hall–Kier alpha value is -5.27. The second-order valence-electron chi connectivity index (χ2n) is 13.3. The van der Waals surface area contributed by atoms with Gasteiger partial charge in [0.2, 0.25) is 0 Å². The Kier molecular flexibility index (Phi) is 29.4.